The minimum atomic E-state index is -0.958. The van der Waals surface area contributed by atoms with Gasteiger partial charge in [-0.3, -0.25) is 10.1 Å². The fraction of sp³-hybridized carbons (Fsp3) is 0. The van der Waals surface area contributed by atoms with Gasteiger partial charge in [0.1, 0.15) is 0 Å². The second-order valence-corrected chi connectivity index (χ2v) is 3.67. The maximum absolute atomic E-state index is 13.7. The second kappa shape index (κ2) is 5.77. The zero-order chi connectivity index (χ0) is 15.4. The summed E-state index contributed by atoms with van der Waals surface area (Å²) >= 11 is 0. The summed E-state index contributed by atoms with van der Waals surface area (Å²) in [7, 11) is 0. The van der Waals surface area contributed by atoms with E-state index in [4.69, 9.17) is 15.7 Å². The smallest absolute Gasteiger partial charge is 0.272 e. The van der Waals surface area contributed by atoms with E-state index in [2.05, 4.69) is 15.1 Å². The lowest BCUT2D eigenvalue weighted by molar-refractivity contribution is -0.385. The van der Waals surface area contributed by atoms with Gasteiger partial charge in [0.25, 0.3) is 5.69 Å². The quantitative estimate of drug-likeness (QED) is 0.286. The number of aromatic nitrogens is 2. The SMILES string of the molecule is NC(=NO)c1nccnc1Oc1ccc([N+](=O)[O-])cc1F. The number of halogens is 1. The molecule has 0 radical (unpaired) electrons. The molecule has 1 heterocycles. The number of benzene rings is 1. The van der Waals surface area contributed by atoms with E-state index in [0.29, 0.717) is 6.07 Å². The highest BCUT2D eigenvalue weighted by Crippen LogP contribution is 2.27. The van der Waals surface area contributed by atoms with E-state index in [-0.39, 0.29) is 23.2 Å². The van der Waals surface area contributed by atoms with Crippen LogP contribution in [0.2, 0.25) is 0 Å². The number of nitro benzene ring substituents is 1. The number of amidine groups is 1. The Hall–Kier alpha value is -3.30. The van der Waals surface area contributed by atoms with Gasteiger partial charge in [-0.05, 0) is 6.07 Å². The van der Waals surface area contributed by atoms with Gasteiger partial charge >= 0.3 is 0 Å². The van der Waals surface area contributed by atoms with Crippen molar-refractivity contribution in [3.8, 4) is 11.6 Å². The van der Waals surface area contributed by atoms with Crippen LogP contribution in [-0.4, -0.2) is 25.9 Å². The van der Waals surface area contributed by atoms with Crippen molar-refractivity contribution in [3.05, 3.63) is 52.2 Å². The van der Waals surface area contributed by atoms with Gasteiger partial charge in [-0.2, -0.15) is 0 Å². The van der Waals surface area contributed by atoms with Crippen LogP contribution in [0.5, 0.6) is 11.6 Å². The lowest BCUT2D eigenvalue weighted by Crippen LogP contribution is -2.16. The number of oxime groups is 1. The second-order valence-electron chi connectivity index (χ2n) is 3.67. The Bertz CT molecular complexity index is 722. The molecule has 1 aromatic heterocycles. The number of hydrogen-bond donors (Lipinski definition) is 2. The Balaban J connectivity index is 2.37. The van der Waals surface area contributed by atoms with E-state index in [9.17, 15) is 14.5 Å². The molecule has 9 nitrogen and oxygen atoms in total. The van der Waals surface area contributed by atoms with Gasteiger partial charge in [-0.1, -0.05) is 5.16 Å². The third-order valence-electron chi connectivity index (χ3n) is 2.35. The van der Waals surface area contributed by atoms with Crippen LogP contribution in [0.25, 0.3) is 0 Å². The van der Waals surface area contributed by atoms with Crippen LogP contribution in [0.3, 0.4) is 0 Å². The molecule has 0 saturated heterocycles. The lowest BCUT2D eigenvalue weighted by Gasteiger charge is -2.08. The van der Waals surface area contributed by atoms with E-state index in [0.717, 1.165) is 12.1 Å². The van der Waals surface area contributed by atoms with Crippen molar-refractivity contribution in [1.29, 1.82) is 0 Å². The first-order valence-corrected chi connectivity index (χ1v) is 5.43. The summed E-state index contributed by atoms with van der Waals surface area (Å²) < 4.78 is 18.9. The van der Waals surface area contributed by atoms with Crippen molar-refractivity contribution in [2.75, 3.05) is 0 Å². The normalized spacial score (nSPS) is 11.2. The predicted octanol–water partition coefficient (Wildman–Crippen LogP) is 1.41. The maximum Gasteiger partial charge on any atom is 0.272 e. The van der Waals surface area contributed by atoms with Crippen LogP contribution in [0.1, 0.15) is 5.69 Å². The van der Waals surface area contributed by atoms with Gasteiger partial charge in [0.05, 0.1) is 11.0 Å². The molecule has 0 aliphatic heterocycles. The third kappa shape index (κ3) is 3.00. The molecular formula is C11H8FN5O4. The summed E-state index contributed by atoms with van der Waals surface area (Å²) in [5.41, 5.74) is 4.87. The molecule has 0 saturated carbocycles. The highest BCUT2D eigenvalue weighted by atomic mass is 19.1. The van der Waals surface area contributed by atoms with Gasteiger partial charge in [0, 0.05) is 18.5 Å². The fourth-order valence-electron chi connectivity index (χ4n) is 1.41. The van der Waals surface area contributed by atoms with Gasteiger partial charge in [-0.25, -0.2) is 14.4 Å². The number of nitrogens with two attached hydrogens (primary N) is 1. The molecule has 0 amide bonds. The molecule has 0 fully saturated rings. The number of rotatable bonds is 4. The monoisotopic (exact) mass is 293 g/mol. The van der Waals surface area contributed by atoms with Crippen molar-refractivity contribution >= 4 is 11.5 Å². The van der Waals surface area contributed by atoms with Crippen molar-refractivity contribution < 1.29 is 19.3 Å². The fourth-order valence-corrected chi connectivity index (χ4v) is 1.41. The molecule has 21 heavy (non-hydrogen) atoms. The van der Waals surface area contributed by atoms with Crippen LogP contribution in [0.4, 0.5) is 10.1 Å². The zero-order valence-corrected chi connectivity index (χ0v) is 10.3. The Morgan fingerprint density at radius 1 is 1.43 bits per heavy atom. The summed E-state index contributed by atoms with van der Waals surface area (Å²) in [4.78, 5) is 17.4. The van der Waals surface area contributed by atoms with Crippen molar-refractivity contribution in [1.82, 2.24) is 9.97 Å². The lowest BCUT2D eigenvalue weighted by atomic mass is 10.3. The Morgan fingerprint density at radius 2 is 2.14 bits per heavy atom. The largest absolute Gasteiger partial charge is 0.434 e. The Labute approximate surface area is 116 Å². The van der Waals surface area contributed by atoms with Crippen molar-refractivity contribution in [3.63, 3.8) is 0 Å². The minimum absolute atomic E-state index is 0.0993. The van der Waals surface area contributed by atoms with E-state index in [1.165, 1.54) is 12.4 Å². The highest BCUT2D eigenvalue weighted by Gasteiger charge is 2.16. The highest BCUT2D eigenvalue weighted by molar-refractivity contribution is 5.97. The third-order valence-corrected chi connectivity index (χ3v) is 2.35. The van der Waals surface area contributed by atoms with Crippen LogP contribution < -0.4 is 10.5 Å². The number of nitro groups is 1. The molecule has 1 aromatic carbocycles. The van der Waals surface area contributed by atoms with Crippen LogP contribution >= 0.6 is 0 Å². The summed E-state index contributed by atoms with van der Waals surface area (Å²) in [5, 5.41) is 21.9. The van der Waals surface area contributed by atoms with E-state index < -0.39 is 16.4 Å². The first-order chi connectivity index (χ1) is 10.0. The Morgan fingerprint density at radius 3 is 2.76 bits per heavy atom. The Kier molecular flexibility index (Phi) is 3.88. The van der Waals surface area contributed by atoms with Gasteiger partial charge in [0.2, 0.25) is 5.88 Å². The number of ether oxygens (including phenoxy) is 1. The molecule has 0 spiro atoms. The molecule has 0 atom stereocenters. The van der Waals surface area contributed by atoms with E-state index >= 15 is 0 Å². The summed E-state index contributed by atoms with van der Waals surface area (Å²) in [5.74, 6) is -1.85. The molecule has 0 aliphatic carbocycles. The summed E-state index contributed by atoms with van der Waals surface area (Å²) in [6.45, 7) is 0. The molecule has 10 heteroatoms. The zero-order valence-electron chi connectivity index (χ0n) is 10.3. The molecule has 3 N–H and O–H groups in total. The average Bonchev–Trinajstić information content (AvgIpc) is 2.49. The number of hydrogen-bond acceptors (Lipinski definition) is 7. The van der Waals surface area contributed by atoms with Gasteiger partial charge < -0.3 is 15.7 Å². The summed E-state index contributed by atoms with van der Waals surface area (Å²) in [6.07, 6.45) is 2.53. The molecule has 2 aromatic rings. The standard InChI is InChI=1S/C11H8FN5O4/c12-7-5-6(17(19)20)1-2-8(7)21-11-9(10(13)16-18)14-3-4-15-11/h1-5,18H,(H2,13,16). The molecule has 0 unspecified atom stereocenters. The van der Waals surface area contributed by atoms with Gasteiger partial charge in [0.15, 0.2) is 23.1 Å². The van der Waals surface area contributed by atoms with Crippen LogP contribution in [-0.2, 0) is 0 Å². The van der Waals surface area contributed by atoms with E-state index in [1.807, 2.05) is 0 Å². The van der Waals surface area contributed by atoms with Gasteiger partial charge in [-0.15, -0.1) is 0 Å². The first-order valence-electron chi connectivity index (χ1n) is 5.43. The van der Waals surface area contributed by atoms with Crippen LogP contribution in [0.15, 0.2) is 35.7 Å². The number of non-ortho nitro benzene ring substituents is 1. The van der Waals surface area contributed by atoms with E-state index in [1.54, 1.807) is 0 Å². The predicted molar refractivity (Wildman–Crippen MR) is 67.7 cm³/mol. The molecule has 108 valence electrons. The molecule has 0 aliphatic rings. The minimum Gasteiger partial charge on any atom is -0.434 e. The van der Waals surface area contributed by atoms with Crippen molar-refractivity contribution in [2.45, 2.75) is 0 Å². The van der Waals surface area contributed by atoms with Crippen LogP contribution in [0, 0.1) is 15.9 Å². The summed E-state index contributed by atoms with van der Waals surface area (Å²) in [6, 6.07) is 2.84. The van der Waals surface area contributed by atoms with Crippen molar-refractivity contribution in [2.24, 2.45) is 10.9 Å². The first kappa shape index (κ1) is 14.1. The molecular weight excluding hydrogens is 285 g/mol. The topological polar surface area (TPSA) is 137 Å². The number of nitrogens with zero attached hydrogens (tertiary/aromatic N) is 4. The molecule has 0 bridgehead atoms. The average molecular weight is 293 g/mol. The molecule has 2 rings (SSSR count). The maximum atomic E-state index is 13.7.